The number of hydrogen-bond acceptors (Lipinski definition) is 4. The fraction of sp³-hybridized carbons (Fsp3) is 0.200. The molecule has 0 N–H and O–H groups in total. The van der Waals surface area contributed by atoms with Gasteiger partial charge in [-0.3, -0.25) is 4.68 Å². The van der Waals surface area contributed by atoms with Crippen molar-refractivity contribution in [3.8, 4) is 17.2 Å². The van der Waals surface area contributed by atoms with Gasteiger partial charge in [0.2, 0.25) is 5.89 Å². The van der Waals surface area contributed by atoms with Gasteiger partial charge in [-0.2, -0.15) is 5.10 Å². The van der Waals surface area contributed by atoms with Crippen molar-refractivity contribution in [2.75, 3.05) is 7.11 Å². The van der Waals surface area contributed by atoms with Gasteiger partial charge in [-0.1, -0.05) is 0 Å². The van der Waals surface area contributed by atoms with Gasteiger partial charge in [0.25, 0.3) is 0 Å². The summed E-state index contributed by atoms with van der Waals surface area (Å²) < 4.78 is 26.3. The number of benzene rings is 1. The summed E-state index contributed by atoms with van der Waals surface area (Å²) in [5.74, 6) is 0.933. The third-order valence-corrected chi connectivity index (χ3v) is 3.17. The average molecular weight is 287 g/mol. The van der Waals surface area contributed by atoms with Crippen molar-refractivity contribution in [1.82, 2.24) is 14.8 Å². The molecule has 0 aliphatic carbocycles. The molecule has 0 radical (unpaired) electrons. The monoisotopic (exact) mass is 287 g/mol. The molecule has 0 saturated heterocycles. The molecule has 0 spiro atoms. The number of aryl methyl sites for hydroxylation is 1. The third kappa shape index (κ3) is 2.65. The van der Waals surface area contributed by atoms with Crippen LogP contribution in [0.1, 0.15) is 11.5 Å². The van der Waals surface area contributed by atoms with E-state index < -0.39 is 5.82 Å². The Balaban J connectivity index is 1.93. The Morgan fingerprint density at radius 1 is 1.38 bits per heavy atom. The number of halogens is 1. The molecule has 3 aromatic rings. The van der Waals surface area contributed by atoms with Crippen molar-refractivity contribution in [3.05, 3.63) is 53.9 Å². The number of methoxy groups -OCH3 is 1. The van der Waals surface area contributed by atoms with E-state index in [2.05, 4.69) is 10.1 Å². The van der Waals surface area contributed by atoms with Crippen molar-refractivity contribution in [2.24, 2.45) is 0 Å². The minimum Gasteiger partial charge on any atom is -0.497 e. The molecule has 0 amide bonds. The van der Waals surface area contributed by atoms with Crippen LogP contribution < -0.4 is 4.74 Å². The first-order chi connectivity index (χ1) is 10.2. The lowest BCUT2D eigenvalue weighted by Crippen LogP contribution is -2.01. The highest BCUT2D eigenvalue weighted by molar-refractivity contribution is 5.56. The molecule has 0 aliphatic heterocycles. The van der Waals surface area contributed by atoms with Crippen LogP contribution in [0.4, 0.5) is 4.39 Å². The van der Waals surface area contributed by atoms with Gasteiger partial charge in [0.05, 0.1) is 19.2 Å². The highest BCUT2D eigenvalue weighted by atomic mass is 19.1. The van der Waals surface area contributed by atoms with E-state index >= 15 is 0 Å². The van der Waals surface area contributed by atoms with Crippen molar-refractivity contribution in [2.45, 2.75) is 13.5 Å². The lowest BCUT2D eigenvalue weighted by atomic mass is 10.2. The zero-order chi connectivity index (χ0) is 14.8. The maximum atomic E-state index is 14.0. The molecule has 2 heterocycles. The smallest absolute Gasteiger partial charge is 0.229 e. The first-order valence-corrected chi connectivity index (χ1v) is 6.45. The van der Waals surface area contributed by atoms with Gasteiger partial charge in [0.15, 0.2) is 0 Å². The molecular weight excluding hydrogens is 273 g/mol. The minimum absolute atomic E-state index is 0.259. The van der Waals surface area contributed by atoms with Crippen LogP contribution in [0.25, 0.3) is 11.5 Å². The molecule has 0 atom stereocenters. The summed E-state index contributed by atoms with van der Waals surface area (Å²) >= 11 is 0. The van der Waals surface area contributed by atoms with Gasteiger partial charge in [0.1, 0.15) is 23.0 Å². The SMILES string of the molecule is COc1ccc(-c2nc(Cn3cccn3)c(C)o2)c(F)c1. The van der Waals surface area contributed by atoms with Gasteiger partial charge < -0.3 is 9.15 Å². The number of ether oxygens (including phenoxy) is 1. The van der Waals surface area contributed by atoms with Crippen molar-refractivity contribution in [1.29, 1.82) is 0 Å². The van der Waals surface area contributed by atoms with Gasteiger partial charge in [-0.15, -0.1) is 0 Å². The highest BCUT2D eigenvalue weighted by Gasteiger charge is 2.15. The number of hydrogen-bond donors (Lipinski definition) is 0. The number of aromatic nitrogens is 3. The Labute approximate surface area is 121 Å². The Morgan fingerprint density at radius 3 is 2.90 bits per heavy atom. The molecular formula is C15H14FN3O2. The quantitative estimate of drug-likeness (QED) is 0.740. The standard InChI is InChI=1S/C15H14FN3O2/c1-10-14(9-19-7-3-6-17-19)18-15(21-10)12-5-4-11(20-2)8-13(12)16/h3-8H,9H2,1-2H3. The molecule has 5 nitrogen and oxygen atoms in total. The minimum atomic E-state index is -0.429. The van der Waals surface area contributed by atoms with Gasteiger partial charge >= 0.3 is 0 Å². The maximum Gasteiger partial charge on any atom is 0.229 e. The normalized spacial score (nSPS) is 10.8. The molecule has 1 aromatic carbocycles. The Bertz CT molecular complexity index is 750. The van der Waals surface area contributed by atoms with E-state index in [0.29, 0.717) is 23.6 Å². The first-order valence-electron chi connectivity index (χ1n) is 6.45. The summed E-state index contributed by atoms with van der Waals surface area (Å²) in [6.45, 7) is 2.29. The Hall–Kier alpha value is -2.63. The van der Waals surface area contributed by atoms with Crippen LogP contribution in [-0.2, 0) is 6.54 Å². The molecule has 0 saturated carbocycles. The lowest BCUT2D eigenvalue weighted by molar-refractivity contribution is 0.411. The van der Waals surface area contributed by atoms with Gasteiger partial charge in [0, 0.05) is 18.5 Å². The summed E-state index contributed by atoms with van der Waals surface area (Å²) in [5, 5.41) is 4.12. The fourth-order valence-corrected chi connectivity index (χ4v) is 2.03. The molecule has 6 heteroatoms. The number of oxazole rings is 1. The van der Waals surface area contributed by atoms with Crippen LogP contribution in [0.3, 0.4) is 0 Å². The van der Waals surface area contributed by atoms with E-state index in [1.165, 1.54) is 13.2 Å². The van der Waals surface area contributed by atoms with Crippen molar-refractivity contribution < 1.29 is 13.5 Å². The topological polar surface area (TPSA) is 53.1 Å². The Morgan fingerprint density at radius 2 is 2.24 bits per heavy atom. The van der Waals surface area contributed by atoms with Crippen molar-refractivity contribution >= 4 is 0 Å². The second-order valence-corrected chi connectivity index (χ2v) is 4.57. The van der Waals surface area contributed by atoms with E-state index in [-0.39, 0.29) is 5.89 Å². The lowest BCUT2D eigenvalue weighted by Gasteiger charge is -2.02. The Kier molecular flexibility index (Phi) is 3.43. The zero-order valence-electron chi connectivity index (χ0n) is 11.7. The predicted octanol–water partition coefficient (Wildman–Crippen LogP) is 3.04. The van der Waals surface area contributed by atoms with Crippen LogP contribution in [-0.4, -0.2) is 21.9 Å². The zero-order valence-corrected chi connectivity index (χ0v) is 11.7. The summed E-state index contributed by atoms with van der Waals surface area (Å²) in [4.78, 5) is 4.36. The van der Waals surface area contributed by atoms with Crippen LogP contribution in [0.5, 0.6) is 5.75 Å². The molecule has 0 bridgehead atoms. The summed E-state index contributed by atoms with van der Waals surface area (Å²) in [6.07, 6.45) is 3.53. The third-order valence-electron chi connectivity index (χ3n) is 3.17. The van der Waals surface area contributed by atoms with Crippen LogP contribution >= 0.6 is 0 Å². The molecule has 0 fully saturated rings. The molecule has 0 unspecified atom stereocenters. The second kappa shape index (κ2) is 5.40. The van der Waals surface area contributed by atoms with Crippen LogP contribution in [0.15, 0.2) is 41.1 Å². The summed E-state index contributed by atoms with van der Waals surface area (Å²) in [7, 11) is 1.49. The second-order valence-electron chi connectivity index (χ2n) is 4.57. The van der Waals surface area contributed by atoms with E-state index in [9.17, 15) is 4.39 Å². The van der Waals surface area contributed by atoms with Gasteiger partial charge in [-0.05, 0) is 25.1 Å². The van der Waals surface area contributed by atoms with E-state index in [0.717, 1.165) is 5.69 Å². The average Bonchev–Trinajstić information content (AvgIpc) is 3.10. The highest BCUT2D eigenvalue weighted by Crippen LogP contribution is 2.27. The number of nitrogens with zero attached hydrogens (tertiary/aromatic N) is 3. The molecule has 21 heavy (non-hydrogen) atoms. The molecule has 0 aliphatic rings. The number of rotatable bonds is 4. The van der Waals surface area contributed by atoms with Crippen LogP contribution in [0, 0.1) is 12.7 Å². The van der Waals surface area contributed by atoms with Gasteiger partial charge in [-0.25, -0.2) is 9.37 Å². The van der Waals surface area contributed by atoms with Crippen molar-refractivity contribution in [3.63, 3.8) is 0 Å². The molecule has 108 valence electrons. The van der Waals surface area contributed by atoms with E-state index in [4.69, 9.17) is 9.15 Å². The first kappa shape index (κ1) is 13.4. The van der Waals surface area contributed by atoms with Crippen LogP contribution in [0.2, 0.25) is 0 Å². The summed E-state index contributed by atoms with van der Waals surface area (Å²) in [5.41, 5.74) is 1.04. The predicted molar refractivity (Wildman–Crippen MR) is 74.5 cm³/mol. The maximum absolute atomic E-state index is 14.0. The van der Waals surface area contributed by atoms with E-state index in [1.807, 2.05) is 12.3 Å². The largest absolute Gasteiger partial charge is 0.497 e. The molecule has 2 aromatic heterocycles. The van der Waals surface area contributed by atoms with E-state index in [1.54, 1.807) is 29.9 Å². The fourth-order valence-electron chi connectivity index (χ4n) is 2.03. The molecule has 3 rings (SSSR count). The summed E-state index contributed by atoms with van der Waals surface area (Å²) in [6, 6.07) is 6.41.